The summed E-state index contributed by atoms with van der Waals surface area (Å²) in [5, 5.41) is 11.2. The number of nitrogens with zero attached hydrogens (tertiary/aromatic N) is 3. The number of aliphatic hydroxyl groups is 1. The average Bonchev–Trinajstić information content (AvgIpc) is 3.51. The first-order valence-electron chi connectivity index (χ1n) is 11.9. The Morgan fingerprint density at radius 1 is 0.971 bits per heavy atom. The topological polar surface area (TPSA) is 99.6 Å². The van der Waals surface area contributed by atoms with E-state index in [1.807, 2.05) is 24.8 Å². The number of carbonyl (C=O) groups is 3. The van der Waals surface area contributed by atoms with Crippen LogP contribution in [0, 0.1) is 6.92 Å². The number of rotatable bonds is 5. The lowest BCUT2D eigenvalue weighted by atomic mass is 9.91. The second-order valence-corrected chi connectivity index (χ2v) is 9.61. The van der Waals surface area contributed by atoms with Crippen LogP contribution in [0.2, 0.25) is 0 Å². The van der Waals surface area contributed by atoms with Crippen LogP contribution >= 0.6 is 0 Å². The van der Waals surface area contributed by atoms with Gasteiger partial charge in [0.25, 0.3) is 0 Å². The molecule has 0 aliphatic carbocycles. The van der Waals surface area contributed by atoms with Gasteiger partial charge in [0.15, 0.2) is 0 Å². The molecule has 0 saturated carbocycles. The van der Waals surface area contributed by atoms with Gasteiger partial charge in [-0.3, -0.25) is 9.80 Å². The maximum Gasteiger partial charge on any atom is 0.338 e. The van der Waals surface area contributed by atoms with Crippen molar-refractivity contribution >= 4 is 18.0 Å². The van der Waals surface area contributed by atoms with E-state index in [2.05, 4.69) is 4.90 Å². The van der Waals surface area contributed by atoms with Gasteiger partial charge < -0.3 is 19.5 Å². The molecule has 0 aromatic heterocycles. The number of hydrogen-bond donors (Lipinski definition) is 1. The molecule has 4 aliphatic rings. The first kappa shape index (κ1) is 22.9. The highest BCUT2D eigenvalue weighted by molar-refractivity contribution is 5.94. The fourth-order valence-corrected chi connectivity index (χ4v) is 5.64. The molecular weight excluding hydrogens is 438 g/mol. The largest absolute Gasteiger partial charge is 0.457 e. The van der Waals surface area contributed by atoms with Gasteiger partial charge in [-0.25, -0.2) is 14.4 Å². The third-order valence-electron chi connectivity index (χ3n) is 7.95. The van der Waals surface area contributed by atoms with Crippen LogP contribution in [0.5, 0.6) is 0 Å². The van der Waals surface area contributed by atoms with E-state index in [1.165, 1.54) is 0 Å². The molecule has 1 aromatic carbocycles. The average molecular weight is 470 g/mol. The molecule has 34 heavy (non-hydrogen) atoms. The smallest absolute Gasteiger partial charge is 0.338 e. The molecule has 1 aromatic rings. The second-order valence-electron chi connectivity index (χ2n) is 9.61. The Labute approximate surface area is 198 Å². The molecule has 182 valence electrons. The van der Waals surface area contributed by atoms with E-state index in [0.717, 1.165) is 42.6 Å². The lowest BCUT2D eigenvalue weighted by molar-refractivity contribution is -0.136. The normalized spacial score (nSPS) is 23.5. The molecule has 1 N–H and O–H groups in total. The van der Waals surface area contributed by atoms with Crippen molar-refractivity contribution in [3.8, 4) is 0 Å². The van der Waals surface area contributed by atoms with E-state index >= 15 is 0 Å². The van der Waals surface area contributed by atoms with Gasteiger partial charge >= 0.3 is 18.0 Å². The van der Waals surface area contributed by atoms with E-state index in [4.69, 9.17) is 9.47 Å². The minimum Gasteiger partial charge on any atom is -0.457 e. The van der Waals surface area contributed by atoms with Gasteiger partial charge in [0.1, 0.15) is 13.2 Å². The van der Waals surface area contributed by atoms with E-state index in [-0.39, 0.29) is 43.3 Å². The highest BCUT2D eigenvalue weighted by Crippen LogP contribution is 2.33. The second kappa shape index (κ2) is 8.70. The lowest BCUT2D eigenvalue weighted by Gasteiger charge is -2.40. The van der Waals surface area contributed by atoms with Gasteiger partial charge in [0.2, 0.25) is 0 Å². The molecule has 0 radical (unpaired) electrons. The molecule has 9 heteroatoms. The third-order valence-corrected chi connectivity index (χ3v) is 7.95. The van der Waals surface area contributed by atoms with E-state index < -0.39 is 6.10 Å². The summed E-state index contributed by atoms with van der Waals surface area (Å²) in [6.07, 6.45) is 0.974. The minimum atomic E-state index is -0.684. The molecule has 0 unspecified atom stereocenters. The van der Waals surface area contributed by atoms with E-state index in [9.17, 15) is 19.5 Å². The SMILES string of the molecule is CC1=C(N2CCN(C3CCN([C@H](C)[C@@H](O)c4ccc5c(c4C)COC5=O)CC3)C2=O)COC1=O. The fraction of sp³-hybridized carbons (Fsp3) is 0.560. The monoisotopic (exact) mass is 469 g/mol. The maximum atomic E-state index is 13.1. The quantitative estimate of drug-likeness (QED) is 0.660. The molecule has 4 heterocycles. The van der Waals surface area contributed by atoms with E-state index in [0.29, 0.717) is 29.9 Å². The highest BCUT2D eigenvalue weighted by atomic mass is 16.5. The molecule has 9 nitrogen and oxygen atoms in total. The van der Waals surface area contributed by atoms with Crippen LogP contribution in [0.3, 0.4) is 0 Å². The van der Waals surface area contributed by atoms with Crippen molar-refractivity contribution in [1.29, 1.82) is 0 Å². The predicted molar refractivity (Wildman–Crippen MR) is 122 cm³/mol. The fourth-order valence-electron chi connectivity index (χ4n) is 5.64. The number of urea groups is 1. The predicted octanol–water partition coefficient (Wildman–Crippen LogP) is 2.12. The van der Waals surface area contributed by atoms with Crippen molar-refractivity contribution in [3.63, 3.8) is 0 Å². The zero-order valence-electron chi connectivity index (χ0n) is 19.9. The molecule has 0 spiro atoms. The third kappa shape index (κ3) is 3.67. The summed E-state index contributed by atoms with van der Waals surface area (Å²) >= 11 is 0. The van der Waals surface area contributed by atoms with Gasteiger partial charge in [0, 0.05) is 43.8 Å². The summed E-state index contributed by atoms with van der Waals surface area (Å²) in [4.78, 5) is 42.5. The van der Waals surface area contributed by atoms with Crippen molar-refractivity contribution < 1.29 is 29.0 Å². The number of benzene rings is 1. The van der Waals surface area contributed by atoms with Gasteiger partial charge in [0.05, 0.1) is 22.9 Å². The Morgan fingerprint density at radius 2 is 1.68 bits per heavy atom. The zero-order valence-corrected chi connectivity index (χ0v) is 19.9. The van der Waals surface area contributed by atoms with Gasteiger partial charge in [-0.15, -0.1) is 0 Å². The maximum absolute atomic E-state index is 13.1. The van der Waals surface area contributed by atoms with Crippen LogP contribution < -0.4 is 0 Å². The summed E-state index contributed by atoms with van der Waals surface area (Å²) in [5.74, 6) is -0.650. The molecule has 2 fully saturated rings. The van der Waals surface area contributed by atoms with Gasteiger partial charge in [-0.2, -0.15) is 0 Å². The Morgan fingerprint density at radius 3 is 2.35 bits per heavy atom. The van der Waals surface area contributed by atoms with Gasteiger partial charge in [-0.05, 0) is 50.8 Å². The summed E-state index contributed by atoms with van der Waals surface area (Å²) in [5.41, 5.74) is 4.40. The first-order valence-corrected chi connectivity index (χ1v) is 11.9. The van der Waals surface area contributed by atoms with Crippen molar-refractivity contribution in [2.75, 3.05) is 32.8 Å². The minimum absolute atomic E-state index is 0.0512. The number of amides is 2. The van der Waals surface area contributed by atoms with Crippen molar-refractivity contribution in [2.24, 2.45) is 0 Å². The number of piperidine rings is 1. The number of ether oxygens (including phenoxy) is 2. The van der Waals surface area contributed by atoms with Crippen molar-refractivity contribution in [1.82, 2.24) is 14.7 Å². The summed E-state index contributed by atoms with van der Waals surface area (Å²) < 4.78 is 10.2. The number of aliphatic hydroxyl groups excluding tert-OH is 1. The van der Waals surface area contributed by atoms with Crippen LogP contribution in [-0.4, -0.2) is 82.6 Å². The number of likely N-dealkylation sites (tertiary alicyclic amines) is 1. The molecule has 0 bridgehead atoms. The zero-order chi connectivity index (χ0) is 24.1. The van der Waals surface area contributed by atoms with Crippen LogP contribution in [0.4, 0.5) is 4.79 Å². The number of carbonyl (C=O) groups excluding carboxylic acids is 3. The number of esters is 2. The molecule has 2 amide bonds. The Hall–Kier alpha value is -2.91. The molecular formula is C25H31N3O6. The number of cyclic esters (lactones) is 2. The number of fused-ring (bicyclic) bond motifs is 1. The Balaban J connectivity index is 1.21. The highest BCUT2D eigenvalue weighted by Gasteiger charge is 2.40. The van der Waals surface area contributed by atoms with Crippen LogP contribution in [-0.2, 0) is 20.9 Å². The molecule has 2 saturated heterocycles. The molecule has 4 aliphatic heterocycles. The Bertz CT molecular complexity index is 1070. The summed E-state index contributed by atoms with van der Waals surface area (Å²) in [7, 11) is 0. The van der Waals surface area contributed by atoms with Gasteiger partial charge in [-0.1, -0.05) is 6.07 Å². The molecule has 2 atom stereocenters. The summed E-state index contributed by atoms with van der Waals surface area (Å²) in [6.45, 7) is 8.86. The van der Waals surface area contributed by atoms with Crippen molar-refractivity contribution in [2.45, 2.75) is 58.4 Å². The first-order chi connectivity index (χ1) is 16.3. The lowest BCUT2D eigenvalue weighted by Crippen LogP contribution is -2.49. The van der Waals surface area contributed by atoms with Crippen LogP contribution in [0.1, 0.15) is 59.8 Å². The Kier molecular flexibility index (Phi) is 5.85. The van der Waals surface area contributed by atoms with Crippen LogP contribution in [0.25, 0.3) is 0 Å². The van der Waals surface area contributed by atoms with E-state index in [1.54, 1.807) is 17.9 Å². The molecule has 5 rings (SSSR count). The van der Waals surface area contributed by atoms with Crippen LogP contribution in [0.15, 0.2) is 23.4 Å². The van der Waals surface area contributed by atoms with Crippen molar-refractivity contribution in [3.05, 3.63) is 45.7 Å². The number of hydrogen-bond acceptors (Lipinski definition) is 7. The summed E-state index contributed by atoms with van der Waals surface area (Å²) in [6, 6.07) is 3.57. The standard InChI is InChI=1S/C25H31N3O6/c1-14-18(4-5-19-20(14)12-33-24(19)31)22(29)16(3)26-8-6-17(7-9-26)27-10-11-28(25(27)32)21-13-34-23(30)15(21)2/h4-5,16-17,22,29H,6-13H2,1-3H3/t16-,22-/m1/s1.